The van der Waals surface area contributed by atoms with Crippen LogP contribution in [0.5, 0.6) is 5.75 Å². The van der Waals surface area contributed by atoms with E-state index < -0.39 is 48.0 Å². The molecular weight excluding hydrogens is 1030 g/mol. The average molecular weight is 1110 g/mol. The minimum Gasteiger partial charge on any atom is -0.489 e. The number of ether oxygens (including phenoxy) is 7. The van der Waals surface area contributed by atoms with Crippen molar-refractivity contribution in [2.75, 3.05) is 115 Å². The van der Waals surface area contributed by atoms with Gasteiger partial charge in [-0.15, -0.1) is 0 Å². The molecule has 25 nitrogen and oxygen atoms in total. The number of nitrogens with two attached hydrogens (primary N) is 2. The van der Waals surface area contributed by atoms with E-state index in [1.807, 2.05) is 6.92 Å². The maximum atomic E-state index is 13.4. The zero-order valence-corrected chi connectivity index (χ0v) is 44.1. The molecule has 1 fully saturated rings. The van der Waals surface area contributed by atoms with Crippen LogP contribution >= 0.6 is 15.9 Å². The smallest absolute Gasteiger partial charge is 0.410 e. The number of benzene rings is 2. The van der Waals surface area contributed by atoms with Crippen molar-refractivity contribution in [3.8, 4) is 5.75 Å². The van der Waals surface area contributed by atoms with Gasteiger partial charge in [-0.05, 0) is 62.1 Å². The van der Waals surface area contributed by atoms with Gasteiger partial charge in [0, 0.05) is 29.7 Å². The molecule has 2 aromatic carbocycles. The number of aromatic nitrogens is 2. The van der Waals surface area contributed by atoms with Crippen LogP contribution in [0.4, 0.5) is 31.6 Å². The topological polar surface area (TPSA) is 330 Å². The molecule has 2 atom stereocenters. The zero-order chi connectivity index (χ0) is 53.9. The number of rotatable bonds is 31. The molecule has 2 heterocycles. The van der Waals surface area contributed by atoms with Crippen LogP contribution in [0.2, 0.25) is 0 Å². The van der Waals surface area contributed by atoms with Gasteiger partial charge in [-0.2, -0.15) is 0 Å². The summed E-state index contributed by atoms with van der Waals surface area (Å²) in [6.45, 7) is 11.4. The third kappa shape index (κ3) is 26.6. The van der Waals surface area contributed by atoms with Gasteiger partial charge < -0.3 is 75.2 Å². The molecule has 4 rings (SSSR count). The highest BCUT2D eigenvalue weighted by Crippen LogP contribution is 2.32. The molecule has 1 aromatic heterocycles. The number of anilines is 3. The SMILES string of the molecule is CCC.Cc1cnc(NC(=O)Nc2cc(Br)c(C)cc2OCC2CN(C(=O)OCc3ccc(NC(=O)C(CCCNC(N)=O)NC(=O)CNC(=O)CCOCCOCCOCCOCCON)cc3)CCO2)cn1. The lowest BCUT2D eigenvalue weighted by molar-refractivity contribution is -0.128. The summed E-state index contributed by atoms with van der Waals surface area (Å²) in [6.07, 6.45) is 3.62. The van der Waals surface area contributed by atoms with E-state index in [2.05, 4.69) is 76.5 Å². The molecule has 26 heteroatoms. The van der Waals surface area contributed by atoms with Gasteiger partial charge in [0.15, 0.2) is 5.82 Å². The fourth-order valence-corrected chi connectivity index (χ4v) is 6.59. The Morgan fingerprint density at radius 1 is 0.838 bits per heavy atom. The number of halogens is 1. The normalized spacial score (nSPS) is 13.3. The Bertz CT molecular complexity index is 2160. The molecule has 1 aliphatic heterocycles. The predicted molar refractivity (Wildman–Crippen MR) is 276 cm³/mol. The standard InChI is InChI=1S/C45H64BrN11O14.C3H8/c1-30-22-38(37(23-35(30)46)55-44(62)56-39-25-50-31(2)24-51-39)69-29-34-27-57(11-13-68-34)45(63)70-28-32-5-7-33(8-6-32)53-42(60)36(4-3-10-49-43(47)61)54-41(59)26-52-40(58)9-12-64-14-15-65-16-17-66-18-19-67-20-21-71-48;1-3-2/h5-8,22-25,34,36H,3-4,9-21,26-29,48H2,1-2H3,(H,52,58)(H,53,60)(H,54,59)(H3,47,49,61)(H2,51,55,56,62);3H2,1-2H3. The van der Waals surface area contributed by atoms with Crippen molar-refractivity contribution in [1.29, 1.82) is 0 Å². The van der Waals surface area contributed by atoms with Crippen molar-refractivity contribution >= 4 is 69.0 Å². The molecule has 1 saturated heterocycles. The van der Waals surface area contributed by atoms with Crippen molar-refractivity contribution in [2.24, 2.45) is 11.6 Å². The predicted octanol–water partition coefficient (Wildman–Crippen LogP) is 3.67. The summed E-state index contributed by atoms with van der Waals surface area (Å²) >= 11 is 3.50. The monoisotopic (exact) mass is 1110 g/mol. The summed E-state index contributed by atoms with van der Waals surface area (Å²) < 4.78 is 39.8. The Kier molecular flexibility index (Phi) is 30.7. The van der Waals surface area contributed by atoms with E-state index in [1.165, 1.54) is 23.7 Å². The van der Waals surface area contributed by atoms with E-state index in [-0.39, 0.29) is 71.3 Å². The van der Waals surface area contributed by atoms with E-state index in [1.54, 1.807) is 43.3 Å². The van der Waals surface area contributed by atoms with Crippen molar-refractivity contribution in [1.82, 2.24) is 30.8 Å². The van der Waals surface area contributed by atoms with Gasteiger partial charge in [0.2, 0.25) is 17.7 Å². The number of nitrogens with one attached hydrogen (secondary N) is 6. The molecule has 1 aliphatic rings. The molecule has 2 unspecified atom stereocenters. The molecule has 3 aromatic rings. The molecule has 0 saturated carbocycles. The first-order valence-electron chi connectivity index (χ1n) is 24.2. The largest absolute Gasteiger partial charge is 0.489 e. The lowest BCUT2D eigenvalue weighted by Crippen LogP contribution is -2.47. The fourth-order valence-electron chi connectivity index (χ4n) is 6.25. The van der Waals surface area contributed by atoms with Crippen molar-refractivity contribution in [3.05, 3.63) is 70.1 Å². The third-order valence-corrected chi connectivity index (χ3v) is 10.8. The van der Waals surface area contributed by atoms with E-state index in [9.17, 15) is 28.8 Å². The molecule has 10 N–H and O–H groups in total. The van der Waals surface area contributed by atoms with Gasteiger partial charge in [0.25, 0.3) is 0 Å². The second kappa shape index (κ2) is 36.6. The number of morpholine rings is 1. The Hall–Kier alpha value is -6.26. The number of hydrogen-bond donors (Lipinski definition) is 8. The number of amides is 8. The van der Waals surface area contributed by atoms with Crippen LogP contribution in [0.15, 0.2) is 53.3 Å². The minimum absolute atomic E-state index is 0.00273. The molecule has 0 bridgehead atoms. The highest BCUT2D eigenvalue weighted by Gasteiger charge is 2.27. The maximum Gasteiger partial charge on any atom is 0.410 e. The lowest BCUT2D eigenvalue weighted by Gasteiger charge is -2.32. The van der Waals surface area contributed by atoms with Crippen LogP contribution in [0.1, 0.15) is 56.4 Å². The van der Waals surface area contributed by atoms with Gasteiger partial charge in [-0.1, -0.05) is 48.3 Å². The second-order valence-corrected chi connectivity index (χ2v) is 17.2. The van der Waals surface area contributed by atoms with E-state index in [0.717, 1.165) is 10.0 Å². The van der Waals surface area contributed by atoms with Crippen LogP contribution in [0, 0.1) is 13.8 Å². The average Bonchev–Trinajstić information content (AvgIpc) is 3.37. The number of aryl methyl sites for hydroxylation is 2. The summed E-state index contributed by atoms with van der Waals surface area (Å²) in [5.74, 6) is 4.00. The molecule has 8 amide bonds. The first-order chi connectivity index (χ1) is 35.7. The quantitative estimate of drug-likeness (QED) is 0.0337. The zero-order valence-electron chi connectivity index (χ0n) is 42.5. The third-order valence-electron chi connectivity index (χ3n) is 9.94. The van der Waals surface area contributed by atoms with Gasteiger partial charge >= 0.3 is 18.2 Å². The summed E-state index contributed by atoms with van der Waals surface area (Å²) in [7, 11) is 0. The van der Waals surface area contributed by atoms with Crippen molar-refractivity contribution in [3.63, 3.8) is 0 Å². The first kappa shape index (κ1) is 62.0. The Balaban J connectivity index is 0.00000469. The van der Waals surface area contributed by atoms with Gasteiger partial charge in [0.1, 0.15) is 31.1 Å². The Labute approximate surface area is 439 Å². The molecular formula is C48H72BrN11O14. The van der Waals surface area contributed by atoms with E-state index in [4.69, 9.17) is 44.8 Å². The highest BCUT2D eigenvalue weighted by molar-refractivity contribution is 9.10. The van der Waals surface area contributed by atoms with Crippen LogP contribution in [0.25, 0.3) is 0 Å². The van der Waals surface area contributed by atoms with E-state index in [0.29, 0.717) is 87.6 Å². The molecule has 74 heavy (non-hydrogen) atoms. The van der Waals surface area contributed by atoms with Crippen LogP contribution < -0.4 is 48.3 Å². The van der Waals surface area contributed by atoms with Crippen molar-refractivity contribution in [2.45, 2.75) is 72.1 Å². The summed E-state index contributed by atoms with van der Waals surface area (Å²) in [5, 5.41) is 15.8. The van der Waals surface area contributed by atoms with Crippen LogP contribution in [0.3, 0.4) is 0 Å². The number of urea groups is 2. The van der Waals surface area contributed by atoms with Gasteiger partial charge in [0.05, 0.1) is 103 Å². The second-order valence-electron chi connectivity index (χ2n) is 16.3. The van der Waals surface area contributed by atoms with Crippen LogP contribution in [-0.2, 0) is 54.2 Å². The first-order valence-corrected chi connectivity index (χ1v) is 24.9. The van der Waals surface area contributed by atoms with Gasteiger partial charge in [-0.3, -0.25) is 24.7 Å². The van der Waals surface area contributed by atoms with Crippen LogP contribution in [-0.4, -0.2) is 162 Å². The molecule has 0 radical (unpaired) electrons. The molecule has 0 spiro atoms. The summed E-state index contributed by atoms with van der Waals surface area (Å²) in [5.41, 5.74) is 8.17. The Morgan fingerprint density at radius 3 is 2.14 bits per heavy atom. The number of primary amides is 1. The highest BCUT2D eigenvalue weighted by atomic mass is 79.9. The lowest BCUT2D eigenvalue weighted by atomic mass is 10.1. The van der Waals surface area contributed by atoms with E-state index >= 15 is 0 Å². The summed E-state index contributed by atoms with van der Waals surface area (Å²) in [6, 6.07) is 7.77. The molecule has 0 aliphatic carbocycles. The fraction of sp³-hybridized carbons (Fsp3) is 0.542. The number of carbonyl (C=O) groups is 6. The number of nitrogens with zero attached hydrogens (tertiary/aromatic N) is 3. The molecule has 410 valence electrons. The summed E-state index contributed by atoms with van der Waals surface area (Å²) in [4.78, 5) is 89.8. The van der Waals surface area contributed by atoms with Crippen molar-refractivity contribution < 1.29 is 66.8 Å². The Morgan fingerprint density at radius 2 is 1.50 bits per heavy atom. The maximum absolute atomic E-state index is 13.4. The number of hydrogen-bond acceptors (Lipinski definition) is 17. The number of carbonyl (C=O) groups excluding carboxylic acids is 6. The minimum atomic E-state index is -1.03. The van der Waals surface area contributed by atoms with Gasteiger partial charge in [-0.25, -0.2) is 25.3 Å².